The molecule has 1 fully saturated rings. The molecule has 3 unspecified atom stereocenters. The maximum Gasteiger partial charge on any atom is 0.490 e. The van der Waals surface area contributed by atoms with Crippen molar-refractivity contribution in [2.24, 2.45) is 0 Å². The molecule has 0 aromatic heterocycles. The predicted molar refractivity (Wildman–Crippen MR) is 62.7 cm³/mol. The lowest BCUT2D eigenvalue weighted by Crippen LogP contribution is -2.34. The van der Waals surface area contributed by atoms with Crippen LogP contribution in [0.5, 0.6) is 0 Å². The van der Waals surface area contributed by atoms with E-state index in [-0.39, 0.29) is 0 Å². The predicted octanol–water partition coefficient (Wildman–Crippen LogP) is -2.23. The standard InChI is InChI=1S/C5H13O14P3/c6-1-2-3(7)4(8)5(16-2)17-21(12,13)19-22(14,15)18-20(9,10)11/h2-8H,1H2,(H,12,13)(H,14,15)(H2,9,10,11)/t2-,3-,4-,5?/m1/s1. The van der Waals surface area contributed by atoms with Crippen LogP contribution in [0.3, 0.4) is 0 Å². The second kappa shape index (κ2) is 7.01. The number of hydrogen-bond acceptors (Lipinski definition) is 10. The first kappa shape index (κ1) is 20.3. The topological polar surface area (TPSA) is 230 Å². The summed E-state index contributed by atoms with van der Waals surface area (Å²) >= 11 is 0. The second-order valence-corrected chi connectivity index (χ2v) is 8.28. The number of rotatable bonds is 7. The van der Waals surface area contributed by atoms with E-state index in [0.717, 1.165) is 0 Å². The zero-order chi connectivity index (χ0) is 17.3. The van der Waals surface area contributed by atoms with Gasteiger partial charge in [-0.1, -0.05) is 0 Å². The summed E-state index contributed by atoms with van der Waals surface area (Å²) in [5, 5.41) is 27.6. The maximum absolute atomic E-state index is 11.4. The van der Waals surface area contributed by atoms with E-state index in [1.807, 2.05) is 0 Å². The molecule has 132 valence electrons. The zero-order valence-electron chi connectivity index (χ0n) is 10.3. The van der Waals surface area contributed by atoms with Gasteiger partial charge in [-0.05, 0) is 0 Å². The lowest BCUT2D eigenvalue weighted by molar-refractivity contribution is -0.125. The van der Waals surface area contributed by atoms with Gasteiger partial charge in [-0.3, -0.25) is 4.52 Å². The Balaban J connectivity index is 2.74. The normalized spacial score (nSPS) is 35.0. The summed E-state index contributed by atoms with van der Waals surface area (Å²) in [5.74, 6) is 0. The van der Waals surface area contributed by atoms with Crippen molar-refractivity contribution in [1.29, 1.82) is 0 Å². The Bertz CT molecular complexity index is 527. The van der Waals surface area contributed by atoms with E-state index in [0.29, 0.717) is 0 Å². The van der Waals surface area contributed by atoms with E-state index >= 15 is 0 Å². The van der Waals surface area contributed by atoms with Gasteiger partial charge in [0.2, 0.25) is 0 Å². The van der Waals surface area contributed by atoms with Crippen LogP contribution in [0, 0.1) is 0 Å². The second-order valence-electron chi connectivity index (χ2n) is 3.90. The monoisotopic (exact) mass is 390 g/mol. The van der Waals surface area contributed by atoms with Gasteiger partial charge in [-0.2, -0.15) is 8.62 Å². The van der Waals surface area contributed by atoms with Gasteiger partial charge in [-0.15, -0.1) is 0 Å². The van der Waals surface area contributed by atoms with Crippen LogP contribution in [-0.4, -0.2) is 66.1 Å². The van der Waals surface area contributed by atoms with Crippen LogP contribution in [0.4, 0.5) is 0 Å². The molecule has 14 nitrogen and oxygen atoms in total. The molecule has 17 heteroatoms. The first-order chi connectivity index (χ1) is 9.76. The highest BCUT2D eigenvalue weighted by atomic mass is 31.3. The molecule has 1 saturated heterocycles. The molecule has 0 amide bonds. The molecule has 0 saturated carbocycles. The summed E-state index contributed by atoms with van der Waals surface area (Å²) in [5.41, 5.74) is 0. The van der Waals surface area contributed by atoms with Gasteiger partial charge in [0, 0.05) is 0 Å². The summed E-state index contributed by atoms with van der Waals surface area (Å²) in [6.07, 6.45) is -7.00. The molecule has 0 bridgehead atoms. The molecule has 0 radical (unpaired) electrons. The van der Waals surface area contributed by atoms with E-state index in [9.17, 15) is 28.8 Å². The molecule has 1 aliphatic rings. The molecule has 0 aromatic carbocycles. The minimum atomic E-state index is -5.70. The van der Waals surface area contributed by atoms with E-state index in [1.54, 1.807) is 0 Å². The molecule has 0 aliphatic carbocycles. The van der Waals surface area contributed by atoms with Crippen molar-refractivity contribution in [3.05, 3.63) is 0 Å². The number of aliphatic hydroxyl groups excluding tert-OH is 3. The fraction of sp³-hybridized carbons (Fsp3) is 1.00. The van der Waals surface area contributed by atoms with Crippen molar-refractivity contribution < 1.29 is 66.5 Å². The van der Waals surface area contributed by atoms with E-state index < -0.39 is 54.7 Å². The van der Waals surface area contributed by atoms with Gasteiger partial charge in [0.15, 0.2) is 6.29 Å². The molecular weight excluding hydrogens is 377 g/mol. The lowest BCUT2D eigenvalue weighted by atomic mass is 10.1. The minimum absolute atomic E-state index is 0.783. The SMILES string of the molecule is O=P(O)(O)OP(=O)(O)OP(=O)(O)OC1O[C@H](CO)[C@@H](O)[C@H]1O. The zero-order valence-corrected chi connectivity index (χ0v) is 13.0. The smallest absolute Gasteiger partial charge is 0.394 e. The van der Waals surface area contributed by atoms with Crippen LogP contribution in [0.15, 0.2) is 0 Å². The Hall–Kier alpha value is 0.250. The van der Waals surface area contributed by atoms with E-state index in [4.69, 9.17) is 19.8 Å². The fourth-order valence-electron chi connectivity index (χ4n) is 1.38. The number of hydrogen-bond donors (Lipinski definition) is 7. The largest absolute Gasteiger partial charge is 0.490 e. The summed E-state index contributed by atoms with van der Waals surface area (Å²) in [6, 6.07) is 0. The van der Waals surface area contributed by atoms with Crippen molar-refractivity contribution in [3.8, 4) is 0 Å². The molecule has 6 atom stereocenters. The van der Waals surface area contributed by atoms with Gasteiger partial charge >= 0.3 is 23.5 Å². The highest BCUT2D eigenvalue weighted by Gasteiger charge is 2.49. The molecule has 22 heavy (non-hydrogen) atoms. The van der Waals surface area contributed by atoms with Crippen molar-refractivity contribution in [2.75, 3.05) is 6.61 Å². The van der Waals surface area contributed by atoms with Crippen molar-refractivity contribution in [3.63, 3.8) is 0 Å². The molecule has 0 aromatic rings. The average molecular weight is 390 g/mol. The minimum Gasteiger partial charge on any atom is -0.394 e. The van der Waals surface area contributed by atoms with E-state index in [1.165, 1.54) is 0 Å². The number of phosphoric ester groups is 1. The molecule has 7 N–H and O–H groups in total. The van der Waals surface area contributed by atoms with Crippen LogP contribution in [0.25, 0.3) is 0 Å². The molecule has 0 spiro atoms. The molecule has 1 aliphatic heterocycles. The van der Waals surface area contributed by atoms with Crippen LogP contribution in [0.2, 0.25) is 0 Å². The summed E-state index contributed by atoms with van der Waals surface area (Å²) in [7, 11) is -16.7. The quantitative estimate of drug-likeness (QED) is 0.228. The third-order valence-electron chi connectivity index (χ3n) is 2.15. The molecular formula is C5H13O14P3. The number of aliphatic hydroxyl groups is 3. The third-order valence-corrected chi connectivity index (χ3v) is 5.95. The Morgan fingerprint density at radius 2 is 1.45 bits per heavy atom. The van der Waals surface area contributed by atoms with Crippen LogP contribution in [0.1, 0.15) is 0 Å². The van der Waals surface area contributed by atoms with Crippen molar-refractivity contribution in [1.82, 2.24) is 0 Å². The van der Waals surface area contributed by atoms with Gasteiger partial charge in [0.05, 0.1) is 6.61 Å². The highest BCUT2D eigenvalue weighted by Crippen LogP contribution is 2.66. The average Bonchev–Trinajstić information content (AvgIpc) is 2.51. The van der Waals surface area contributed by atoms with Crippen LogP contribution >= 0.6 is 23.5 Å². The Morgan fingerprint density at radius 3 is 1.86 bits per heavy atom. The van der Waals surface area contributed by atoms with Crippen LogP contribution in [-0.2, 0) is 31.6 Å². The van der Waals surface area contributed by atoms with Gasteiger partial charge < -0.3 is 39.6 Å². The van der Waals surface area contributed by atoms with E-state index in [2.05, 4.69) is 17.9 Å². The Labute approximate surface area is 122 Å². The number of ether oxygens (including phenoxy) is 1. The van der Waals surface area contributed by atoms with Crippen molar-refractivity contribution >= 4 is 23.5 Å². The maximum atomic E-state index is 11.4. The van der Waals surface area contributed by atoms with Crippen LogP contribution < -0.4 is 0 Å². The Morgan fingerprint density at radius 1 is 0.909 bits per heavy atom. The van der Waals surface area contributed by atoms with Gasteiger partial charge in [0.1, 0.15) is 18.3 Å². The fourth-order valence-corrected chi connectivity index (χ4v) is 4.48. The molecule has 1 heterocycles. The first-order valence-corrected chi connectivity index (χ1v) is 9.73. The number of phosphoric acid groups is 3. The summed E-state index contributed by atoms with van der Waals surface area (Å²) < 4.78 is 48.5. The summed E-state index contributed by atoms with van der Waals surface area (Å²) in [4.78, 5) is 34.7. The lowest BCUT2D eigenvalue weighted by Gasteiger charge is -2.20. The third kappa shape index (κ3) is 6.04. The summed E-state index contributed by atoms with van der Waals surface area (Å²) in [6.45, 7) is -0.783. The van der Waals surface area contributed by atoms with Gasteiger partial charge in [-0.25, -0.2) is 13.7 Å². The highest BCUT2D eigenvalue weighted by molar-refractivity contribution is 7.66. The Kier molecular flexibility index (Phi) is 6.47. The van der Waals surface area contributed by atoms with Gasteiger partial charge in [0.25, 0.3) is 0 Å². The van der Waals surface area contributed by atoms with Crippen molar-refractivity contribution in [2.45, 2.75) is 24.6 Å². The molecule has 1 rings (SSSR count). The first-order valence-electron chi connectivity index (χ1n) is 5.21.